The first-order valence-corrected chi connectivity index (χ1v) is 4.17. The molecule has 1 aromatic rings. The number of ether oxygens (including phenoxy) is 2. The third-order valence-corrected chi connectivity index (χ3v) is 2.09. The van der Waals surface area contributed by atoms with Crippen molar-refractivity contribution in [2.75, 3.05) is 13.7 Å². The van der Waals surface area contributed by atoms with E-state index in [1.54, 1.807) is 13.2 Å². The molecular formula is C10H11O3. The van der Waals surface area contributed by atoms with E-state index in [2.05, 4.69) is 0 Å². The van der Waals surface area contributed by atoms with Crippen molar-refractivity contribution in [2.45, 2.75) is 6.42 Å². The van der Waals surface area contributed by atoms with Gasteiger partial charge in [0.25, 0.3) is 0 Å². The van der Waals surface area contributed by atoms with Gasteiger partial charge in [0.15, 0.2) is 0 Å². The molecule has 1 aliphatic rings. The summed E-state index contributed by atoms with van der Waals surface area (Å²) in [5, 5.41) is 9.56. The predicted molar refractivity (Wildman–Crippen MR) is 47.4 cm³/mol. The number of hydrogen-bond donors (Lipinski definition) is 1. The minimum Gasteiger partial charge on any atom is -0.497 e. The molecule has 1 aromatic carbocycles. The molecule has 2 rings (SSSR count). The Bertz CT molecular complexity index is 309. The van der Waals surface area contributed by atoms with Crippen LogP contribution in [0.2, 0.25) is 0 Å². The first kappa shape index (κ1) is 8.38. The van der Waals surface area contributed by atoms with Crippen LogP contribution in [0.4, 0.5) is 0 Å². The van der Waals surface area contributed by atoms with Crippen LogP contribution in [0.15, 0.2) is 18.2 Å². The van der Waals surface area contributed by atoms with Gasteiger partial charge in [-0.2, -0.15) is 0 Å². The van der Waals surface area contributed by atoms with E-state index in [1.165, 1.54) is 0 Å². The van der Waals surface area contributed by atoms with Gasteiger partial charge in [0.1, 0.15) is 17.6 Å². The van der Waals surface area contributed by atoms with E-state index in [4.69, 9.17) is 9.47 Å². The smallest absolute Gasteiger partial charge is 0.130 e. The minimum absolute atomic E-state index is 0.375. The van der Waals surface area contributed by atoms with Crippen LogP contribution in [0, 0.1) is 6.10 Å². The van der Waals surface area contributed by atoms with Crippen molar-refractivity contribution in [2.24, 2.45) is 0 Å². The molecule has 0 amide bonds. The number of aliphatic hydroxyl groups is 1. The van der Waals surface area contributed by atoms with Gasteiger partial charge >= 0.3 is 0 Å². The molecule has 3 heteroatoms. The average molecular weight is 179 g/mol. The first-order valence-electron chi connectivity index (χ1n) is 4.17. The van der Waals surface area contributed by atoms with E-state index in [0.29, 0.717) is 19.1 Å². The molecule has 0 saturated carbocycles. The predicted octanol–water partition coefficient (Wildman–Crippen LogP) is 1.73. The molecule has 13 heavy (non-hydrogen) atoms. The van der Waals surface area contributed by atoms with Crippen molar-refractivity contribution >= 4 is 0 Å². The van der Waals surface area contributed by atoms with Crippen molar-refractivity contribution < 1.29 is 14.6 Å². The number of methoxy groups -OCH3 is 1. The lowest BCUT2D eigenvalue weighted by molar-refractivity contribution is 0.218. The molecule has 1 N–H and O–H groups in total. The van der Waals surface area contributed by atoms with Gasteiger partial charge in [-0.1, -0.05) is 0 Å². The van der Waals surface area contributed by atoms with Crippen LogP contribution in [0.25, 0.3) is 0 Å². The van der Waals surface area contributed by atoms with Gasteiger partial charge in [0.2, 0.25) is 0 Å². The summed E-state index contributed by atoms with van der Waals surface area (Å²) in [6, 6.07) is 5.41. The van der Waals surface area contributed by atoms with Gasteiger partial charge in [0, 0.05) is 12.0 Å². The number of rotatable bonds is 1. The highest BCUT2D eigenvalue weighted by Gasteiger charge is 2.20. The standard InChI is InChI=1S/C10H11O3/c1-12-7-2-3-10-8(6-7)9(11)4-5-13-10/h2-3,6,11H,4-5H2,1H3. The van der Waals surface area contributed by atoms with E-state index in [0.717, 1.165) is 17.1 Å². The number of aliphatic hydroxyl groups excluding tert-OH is 1. The van der Waals surface area contributed by atoms with E-state index in [9.17, 15) is 5.11 Å². The Labute approximate surface area is 76.9 Å². The van der Waals surface area contributed by atoms with Gasteiger partial charge in [0.05, 0.1) is 13.7 Å². The molecule has 0 spiro atoms. The minimum atomic E-state index is 0.375. The molecule has 69 valence electrons. The average Bonchev–Trinajstić information content (AvgIpc) is 2.18. The summed E-state index contributed by atoms with van der Waals surface area (Å²) in [5.41, 5.74) is 0.741. The quantitative estimate of drug-likeness (QED) is 0.713. The molecule has 1 radical (unpaired) electrons. The fourth-order valence-electron chi connectivity index (χ4n) is 1.38. The van der Waals surface area contributed by atoms with Crippen LogP contribution in [0.1, 0.15) is 12.0 Å². The van der Waals surface area contributed by atoms with Gasteiger partial charge in [-0.25, -0.2) is 0 Å². The maximum Gasteiger partial charge on any atom is 0.130 e. The summed E-state index contributed by atoms with van der Waals surface area (Å²) in [6.45, 7) is 0.547. The Morgan fingerprint density at radius 3 is 3.08 bits per heavy atom. The molecule has 0 unspecified atom stereocenters. The van der Waals surface area contributed by atoms with Crippen LogP contribution < -0.4 is 9.47 Å². The molecule has 0 aliphatic carbocycles. The Kier molecular flexibility index (Phi) is 2.10. The molecular weight excluding hydrogens is 168 g/mol. The highest BCUT2D eigenvalue weighted by molar-refractivity contribution is 5.47. The Hall–Kier alpha value is -1.22. The lowest BCUT2D eigenvalue weighted by Crippen LogP contribution is -2.14. The van der Waals surface area contributed by atoms with Crippen LogP contribution in [0.5, 0.6) is 11.5 Å². The third kappa shape index (κ3) is 1.47. The van der Waals surface area contributed by atoms with Crippen molar-refractivity contribution in [3.8, 4) is 11.5 Å². The van der Waals surface area contributed by atoms with Gasteiger partial charge < -0.3 is 14.6 Å². The van der Waals surface area contributed by atoms with Crippen LogP contribution in [-0.2, 0) is 0 Å². The second-order valence-electron chi connectivity index (χ2n) is 2.91. The largest absolute Gasteiger partial charge is 0.497 e. The maximum atomic E-state index is 9.56. The molecule has 0 atom stereocenters. The van der Waals surface area contributed by atoms with Gasteiger partial charge in [-0.15, -0.1) is 0 Å². The van der Waals surface area contributed by atoms with Crippen LogP contribution >= 0.6 is 0 Å². The summed E-state index contributed by atoms with van der Waals surface area (Å²) in [5.74, 6) is 1.46. The Balaban J connectivity index is 2.41. The number of hydrogen-bond acceptors (Lipinski definition) is 3. The lowest BCUT2D eigenvalue weighted by Gasteiger charge is -2.21. The summed E-state index contributed by atoms with van der Waals surface area (Å²) in [7, 11) is 1.60. The molecule has 3 nitrogen and oxygen atoms in total. The molecule has 0 bridgehead atoms. The second kappa shape index (κ2) is 3.26. The van der Waals surface area contributed by atoms with E-state index in [-0.39, 0.29) is 0 Å². The zero-order chi connectivity index (χ0) is 9.26. The topological polar surface area (TPSA) is 38.7 Å². The SMILES string of the molecule is COc1ccc2c(c1)[C](O)CCO2. The monoisotopic (exact) mass is 179 g/mol. The zero-order valence-corrected chi connectivity index (χ0v) is 7.41. The van der Waals surface area contributed by atoms with Crippen LogP contribution in [-0.4, -0.2) is 18.8 Å². The molecule has 0 aromatic heterocycles. The molecule has 1 aliphatic heterocycles. The molecule has 1 heterocycles. The van der Waals surface area contributed by atoms with Crippen molar-refractivity contribution in [3.63, 3.8) is 0 Å². The summed E-state index contributed by atoms with van der Waals surface area (Å²) in [4.78, 5) is 0. The normalized spacial score (nSPS) is 16.2. The lowest BCUT2D eigenvalue weighted by atomic mass is 10.0. The maximum absolute atomic E-state index is 9.56. The number of fused-ring (bicyclic) bond motifs is 1. The molecule has 0 saturated heterocycles. The van der Waals surface area contributed by atoms with Gasteiger partial charge in [-0.3, -0.25) is 0 Å². The van der Waals surface area contributed by atoms with E-state index < -0.39 is 0 Å². The van der Waals surface area contributed by atoms with Crippen LogP contribution in [0.3, 0.4) is 0 Å². The fourth-order valence-corrected chi connectivity index (χ4v) is 1.38. The Morgan fingerprint density at radius 2 is 2.31 bits per heavy atom. The molecule has 0 fully saturated rings. The third-order valence-electron chi connectivity index (χ3n) is 2.09. The zero-order valence-electron chi connectivity index (χ0n) is 7.41. The number of benzene rings is 1. The van der Waals surface area contributed by atoms with E-state index >= 15 is 0 Å². The summed E-state index contributed by atoms with van der Waals surface area (Å²) < 4.78 is 10.4. The summed E-state index contributed by atoms with van der Waals surface area (Å²) >= 11 is 0. The highest BCUT2D eigenvalue weighted by atomic mass is 16.5. The van der Waals surface area contributed by atoms with Crippen molar-refractivity contribution in [3.05, 3.63) is 29.9 Å². The first-order chi connectivity index (χ1) is 6.31. The van der Waals surface area contributed by atoms with Crippen molar-refractivity contribution in [1.29, 1.82) is 0 Å². The van der Waals surface area contributed by atoms with Gasteiger partial charge in [-0.05, 0) is 18.2 Å². The van der Waals surface area contributed by atoms with Crippen molar-refractivity contribution in [1.82, 2.24) is 0 Å². The summed E-state index contributed by atoms with van der Waals surface area (Å²) in [6.07, 6.45) is 0.945. The second-order valence-corrected chi connectivity index (χ2v) is 2.91. The van der Waals surface area contributed by atoms with E-state index in [1.807, 2.05) is 12.1 Å². The fraction of sp³-hybridized carbons (Fsp3) is 0.300. The highest BCUT2D eigenvalue weighted by Crippen LogP contribution is 2.33. The Morgan fingerprint density at radius 1 is 1.46 bits per heavy atom.